The van der Waals surface area contributed by atoms with Crippen LogP contribution in [0.1, 0.15) is 12.5 Å². The van der Waals surface area contributed by atoms with Crippen LogP contribution in [0.25, 0.3) is 6.08 Å². The number of para-hydroxylation sites is 1. The summed E-state index contributed by atoms with van der Waals surface area (Å²) in [6.07, 6.45) is 2.90. The van der Waals surface area contributed by atoms with Gasteiger partial charge in [-0.15, -0.1) is 12.4 Å². The Bertz CT molecular complexity index is 454. The van der Waals surface area contributed by atoms with Gasteiger partial charge in [0.2, 0.25) is 0 Å². The summed E-state index contributed by atoms with van der Waals surface area (Å²) in [7, 11) is 0. The number of halogens is 1. The molecule has 0 heterocycles. The summed E-state index contributed by atoms with van der Waals surface area (Å²) in [6, 6.07) is 7.38. The van der Waals surface area contributed by atoms with E-state index in [9.17, 15) is 4.79 Å². The molecule has 18 heavy (non-hydrogen) atoms. The van der Waals surface area contributed by atoms with E-state index in [2.05, 4.69) is 4.99 Å². The fourth-order valence-electron chi connectivity index (χ4n) is 1.23. The molecule has 1 aromatic rings. The average molecular weight is 270 g/mol. The summed E-state index contributed by atoms with van der Waals surface area (Å²) in [5, 5.41) is 0. The lowest BCUT2D eigenvalue weighted by molar-refractivity contribution is -0.113. The normalized spacial score (nSPS) is 9.61. The van der Waals surface area contributed by atoms with E-state index < -0.39 is 5.91 Å². The second-order valence-corrected chi connectivity index (χ2v) is 3.18. The molecule has 5 nitrogen and oxygen atoms in total. The van der Waals surface area contributed by atoms with Crippen LogP contribution in [0, 0.1) is 0 Å². The van der Waals surface area contributed by atoms with Crippen LogP contribution in [-0.4, -0.2) is 18.5 Å². The van der Waals surface area contributed by atoms with Crippen LogP contribution in [0.15, 0.2) is 35.3 Å². The van der Waals surface area contributed by atoms with E-state index in [1.807, 2.05) is 31.2 Å². The SMILES string of the molecule is CCOc1ccccc1C=CC(=O)N=C(N)N.Cl. The maximum atomic E-state index is 11.2. The third-order valence-corrected chi connectivity index (χ3v) is 1.86. The highest BCUT2D eigenvalue weighted by Crippen LogP contribution is 2.19. The van der Waals surface area contributed by atoms with Crippen molar-refractivity contribution in [3.8, 4) is 5.75 Å². The van der Waals surface area contributed by atoms with Gasteiger partial charge in [-0.2, -0.15) is 4.99 Å². The van der Waals surface area contributed by atoms with Gasteiger partial charge in [-0.25, -0.2) is 0 Å². The Morgan fingerprint density at radius 3 is 2.67 bits per heavy atom. The number of aliphatic imine (C=N–C) groups is 1. The topological polar surface area (TPSA) is 90.7 Å². The predicted octanol–water partition coefficient (Wildman–Crippen LogP) is 1.32. The number of carbonyl (C=O) groups is 1. The molecule has 98 valence electrons. The molecule has 0 saturated heterocycles. The highest BCUT2D eigenvalue weighted by molar-refractivity contribution is 6.00. The second kappa shape index (κ2) is 8.14. The number of benzene rings is 1. The Morgan fingerprint density at radius 1 is 1.39 bits per heavy atom. The molecule has 0 saturated carbocycles. The first-order valence-electron chi connectivity index (χ1n) is 5.17. The highest BCUT2D eigenvalue weighted by atomic mass is 35.5. The minimum atomic E-state index is -0.503. The van der Waals surface area contributed by atoms with Crippen molar-refractivity contribution in [2.24, 2.45) is 16.5 Å². The van der Waals surface area contributed by atoms with Crippen molar-refractivity contribution in [3.63, 3.8) is 0 Å². The molecule has 0 aliphatic heterocycles. The van der Waals surface area contributed by atoms with Gasteiger partial charge in [-0.05, 0) is 19.1 Å². The third-order valence-electron chi connectivity index (χ3n) is 1.86. The van der Waals surface area contributed by atoms with Crippen molar-refractivity contribution in [1.29, 1.82) is 0 Å². The van der Waals surface area contributed by atoms with Gasteiger partial charge < -0.3 is 16.2 Å². The second-order valence-electron chi connectivity index (χ2n) is 3.18. The van der Waals surface area contributed by atoms with Gasteiger partial charge in [-0.1, -0.05) is 18.2 Å². The maximum Gasteiger partial charge on any atom is 0.272 e. The molecule has 0 bridgehead atoms. The first kappa shape index (κ1) is 16.0. The number of nitrogens with two attached hydrogens (primary N) is 2. The molecule has 0 spiro atoms. The minimum absolute atomic E-state index is 0. The van der Waals surface area contributed by atoms with E-state index in [0.29, 0.717) is 12.4 Å². The van der Waals surface area contributed by atoms with Gasteiger partial charge in [0.05, 0.1) is 6.61 Å². The zero-order chi connectivity index (χ0) is 12.7. The van der Waals surface area contributed by atoms with E-state index in [4.69, 9.17) is 16.2 Å². The van der Waals surface area contributed by atoms with Crippen molar-refractivity contribution >= 4 is 30.3 Å². The summed E-state index contributed by atoms with van der Waals surface area (Å²) in [6.45, 7) is 2.46. The fraction of sp³-hybridized carbons (Fsp3) is 0.167. The molecule has 1 aromatic carbocycles. The minimum Gasteiger partial charge on any atom is -0.493 e. The first-order chi connectivity index (χ1) is 8.13. The van der Waals surface area contributed by atoms with E-state index in [1.165, 1.54) is 6.08 Å². The van der Waals surface area contributed by atoms with Crippen LogP contribution in [-0.2, 0) is 4.79 Å². The van der Waals surface area contributed by atoms with Gasteiger partial charge in [0.15, 0.2) is 5.96 Å². The number of hydrogen-bond acceptors (Lipinski definition) is 2. The van der Waals surface area contributed by atoms with Crippen LogP contribution in [0.2, 0.25) is 0 Å². The molecule has 1 rings (SSSR count). The molecule has 0 unspecified atom stereocenters. The van der Waals surface area contributed by atoms with Crippen LogP contribution < -0.4 is 16.2 Å². The lowest BCUT2D eigenvalue weighted by Gasteiger charge is -2.05. The quantitative estimate of drug-likeness (QED) is 0.490. The summed E-state index contributed by atoms with van der Waals surface area (Å²) in [4.78, 5) is 14.6. The largest absolute Gasteiger partial charge is 0.493 e. The van der Waals surface area contributed by atoms with E-state index in [0.717, 1.165) is 5.56 Å². The zero-order valence-corrected chi connectivity index (χ0v) is 10.8. The van der Waals surface area contributed by atoms with Crippen molar-refractivity contribution in [1.82, 2.24) is 0 Å². The van der Waals surface area contributed by atoms with E-state index in [-0.39, 0.29) is 18.4 Å². The highest BCUT2D eigenvalue weighted by Gasteiger charge is 1.99. The molecule has 0 aliphatic carbocycles. The van der Waals surface area contributed by atoms with Crippen LogP contribution in [0.3, 0.4) is 0 Å². The Hall–Kier alpha value is -2.01. The van der Waals surface area contributed by atoms with E-state index in [1.54, 1.807) is 6.08 Å². The molecular weight excluding hydrogens is 254 g/mol. The van der Waals surface area contributed by atoms with Crippen LogP contribution in [0.4, 0.5) is 0 Å². The average Bonchev–Trinajstić information content (AvgIpc) is 2.27. The Balaban J connectivity index is 0.00000289. The van der Waals surface area contributed by atoms with Gasteiger partial charge >= 0.3 is 0 Å². The van der Waals surface area contributed by atoms with Crippen LogP contribution in [0.5, 0.6) is 5.75 Å². The molecule has 0 radical (unpaired) electrons. The Kier molecular flexibility index (Phi) is 7.23. The van der Waals surface area contributed by atoms with Crippen molar-refractivity contribution in [2.75, 3.05) is 6.61 Å². The number of nitrogens with zero attached hydrogens (tertiary/aromatic N) is 1. The fourth-order valence-corrected chi connectivity index (χ4v) is 1.23. The molecule has 0 aromatic heterocycles. The van der Waals surface area contributed by atoms with Crippen molar-refractivity contribution in [2.45, 2.75) is 6.92 Å². The first-order valence-corrected chi connectivity index (χ1v) is 5.17. The molecule has 0 aliphatic rings. The number of ether oxygens (including phenoxy) is 1. The number of amides is 1. The van der Waals surface area contributed by atoms with Gasteiger partial charge in [0, 0.05) is 11.6 Å². The number of hydrogen-bond donors (Lipinski definition) is 2. The Labute approximate surface area is 112 Å². The summed E-state index contributed by atoms with van der Waals surface area (Å²) in [5.41, 5.74) is 11.0. The predicted molar refractivity (Wildman–Crippen MR) is 74.7 cm³/mol. The van der Waals surface area contributed by atoms with Gasteiger partial charge in [-0.3, -0.25) is 4.79 Å². The summed E-state index contributed by atoms with van der Waals surface area (Å²) in [5.74, 6) is -0.0437. The van der Waals surface area contributed by atoms with Crippen molar-refractivity contribution in [3.05, 3.63) is 35.9 Å². The summed E-state index contributed by atoms with van der Waals surface area (Å²) >= 11 is 0. The van der Waals surface area contributed by atoms with E-state index >= 15 is 0 Å². The smallest absolute Gasteiger partial charge is 0.272 e. The lowest BCUT2D eigenvalue weighted by atomic mass is 10.2. The van der Waals surface area contributed by atoms with Crippen molar-refractivity contribution < 1.29 is 9.53 Å². The van der Waals surface area contributed by atoms with Crippen LogP contribution >= 0.6 is 12.4 Å². The molecular formula is C12H16ClN3O2. The Morgan fingerprint density at radius 2 is 2.06 bits per heavy atom. The molecule has 6 heteroatoms. The maximum absolute atomic E-state index is 11.2. The summed E-state index contributed by atoms with van der Waals surface area (Å²) < 4.78 is 5.40. The molecule has 0 fully saturated rings. The molecule has 0 atom stereocenters. The molecule has 4 N–H and O–H groups in total. The lowest BCUT2D eigenvalue weighted by Crippen LogP contribution is -2.23. The number of carbonyl (C=O) groups excluding carboxylic acids is 1. The number of rotatable bonds is 4. The standard InChI is InChI=1S/C12H15N3O2.ClH/c1-2-17-10-6-4-3-5-9(10)7-8-11(16)15-12(13)14;/h3-8H,2H2,1H3,(H4,13,14,15,16);1H. The van der Waals surface area contributed by atoms with Gasteiger partial charge in [0.25, 0.3) is 5.91 Å². The third kappa shape index (κ3) is 5.36. The number of guanidine groups is 1. The monoisotopic (exact) mass is 269 g/mol. The van der Waals surface area contributed by atoms with Gasteiger partial charge in [0.1, 0.15) is 5.75 Å². The zero-order valence-electron chi connectivity index (χ0n) is 10.00. The molecule has 1 amide bonds.